The minimum absolute atomic E-state index is 0.609. The molecule has 0 aliphatic heterocycles. The van der Waals surface area contributed by atoms with Gasteiger partial charge >= 0.3 is 0 Å². The summed E-state index contributed by atoms with van der Waals surface area (Å²) >= 11 is 0. The first-order valence-electron chi connectivity index (χ1n) is 16.6. The topological polar surface area (TPSA) is 65.0 Å². The second kappa shape index (κ2) is 11.4. The second-order valence-corrected chi connectivity index (χ2v) is 12.4. The van der Waals surface area contributed by atoms with Crippen LogP contribution in [0, 0.1) is 0 Å². The Morgan fingerprint density at radius 1 is 0.280 bits per heavy atom. The molecule has 50 heavy (non-hydrogen) atoms. The number of fused-ring (bicyclic) bond motifs is 6. The summed E-state index contributed by atoms with van der Waals surface area (Å²) in [5.74, 6) is 1.86. The van der Waals surface area contributed by atoms with Gasteiger partial charge in [-0.15, -0.1) is 0 Å². The molecule has 5 nitrogen and oxygen atoms in total. The Bertz CT molecular complexity index is 2870. The van der Waals surface area contributed by atoms with Crippen LogP contribution in [0.3, 0.4) is 0 Å². The molecule has 0 bridgehead atoms. The number of nitrogens with zero attached hydrogens (tertiary/aromatic N) is 3. The molecule has 234 valence electrons. The highest BCUT2D eigenvalue weighted by Gasteiger charge is 2.17. The van der Waals surface area contributed by atoms with Gasteiger partial charge in [0.25, 0.3) is 0 Å². The summed E-state index contributed by atoms with van der Waals surface area (Å²) in [4.78, 5) is 15.1. The number of rotatable bonds is 5. The lowest BCUT2D eigenvalue weighted by Gasteiger charge is -2.12. The van der Waals surface area contributed by atoms with Crippen molar-refractivity contribution >= 4 is 43.9 Å². The van der Waals surface area contributed by atoms with Crippen LogP contribution in [0.5, 0.6) is 0 Å². The van der Waals surface area contributed by atoms with Crippen molar-refractivity contribution in [2.24, 2.45) is 0 Å². The summed E-state index contributed by atoms with van der Waals surface area (Å²) < 4.78 is 12.6. The highest BCUT2D eigenvalue weighted by atomic mass is 16.3. The number of aromatic nitrogens is 3. The molecule has 0 saturated heterocycles. The fraction of sp³-hybridized carbons (Fsp3) is 0. The number of para-hydroxylation sites is 1. The smallest absolute Gasteiger partial charge is 0.164 e. The Kier molecular flexibility index (Phi) is 6.42. The quantitative estimate of drug-likeness (QED) is 0.187. The lowest BCUT2D eigenvalue weighted by atomic mass is 9.99. The van der Waals surface area contributed by atoms with Gasteiger partial charge in [-0.05, 0) is 58.7 Å². The number of furan rings is 2. The zero-order valence-corrected chi connectivity index (χ0v) is 26.7. The van der Waals surface area contributed by atoms with E-state index < -0.39 is 0 Å². The van der Waals surface area contributed by atoms with E-state index in [9.17, 15) is 0 Å². The first-order valence-corrected chi connectivity index (χ1v) is 16.6. The maximum Gasteiger partial charge on any atom is 0.164 e. The Balaban J connectivity index is 1.09. The van der Waals surface area contributed by atoms with Crippen molar-refractivity contribution in [3.8, 4) is 56.4 Å². The fourth-order valence-corrected chi connectivity index (χ4v) is 6.90. The summed E-state index contributed by atoms with van der Waals surface area (Å²) in [6, 6.07) is 55.7. The van der Waals surface area contributed by atoms with Crippen LogP contribution in [0.25, 0.3) is 100 Å². The molecule has 3 aromatic heterocycles. The maximum absolute atomic E-state index is 6.46. The van der Waals surface area contributed by atoms with Gasteiger partial charge in [0.1, 0.15) is 22.3 Å². The third kappa shape index (κ3) is 4.75. The summed E-state index contributed by atoms with van der Waals surface area (Å²) in [5.41, 5.74) is 10.4. The first kappa shape index (κ1) is 28.2. The zero-order valence-electron chi connectivity index (χ0n) is 26.7. The Morgan fingerprint density at radius 2 is 0.800 bits per heavy atom. The van der Waals surface area contributed by atoms with E-state index in [4.69, 9.17) is 23.8 Å². The third-order valence-corrected chi connectivity index (χ3v) is 9.34. The van der Waals surface area contributed by atoms with Gasteiger partial charge < -0.3 is 8.83 Å². The van der Waals surface area contributed by atoms with Crippen LogP contribution in [0.4, 0.5) is 0 Å². The molecule has 5 heteroatoms. The predicted molar refractivity (Wildman–Crippen MR) is 202 cm³/mol. The average Bonchev–Trinajstić information content (AvgIpc) is 3.74. The van der Waals surface area contributed by atoms with Gasteiger partial charge in [0.15, 0.2) is 17.5 Å². The van der Waals surface area contributed by atoms with Crippen LogP contribution < -0.4 is 0 Å². The minimum Gasteiger partial charge on any atom is -0.456 e. The predicted octanol–water partition coefficient (Wildman–Crippen LogP) is 12.0. The standard InChI is InChI=1S/C45H27N3O2/c1-3-12-28(13-4-1)33-18-7-8-20-36(33)45-47-43(29-14-5-2-6-15-29)46-44(48-45)32-17-11-16-30(24-32)31-22-23-35-38-27-41-37(26-42(38)50-40(35)25-31)34-19-9-10-21-39(34)49-41/h1-27H. The van der Waals surface area contributed by atoms with E-state index in [1.54, 1.807) is 0 Å². The highest BCUT2D eigenvalue weighted by molar-refractivity contribution is 6.15. The molecule has 0 atom stereocenters. The van der Waals surface area contributed by atoms with Gasteiger partial charge in [0.2, 0.25) is 0 Å². The van der Waals surface area contributed by atoms with Crippen molar-refractivity contribution in [1.29, 1.82) is 0 Å². The molecule has 0 saturated carbocycles. The normalized spacial score (nSPS) is 11.6. The van der Waals surface area contributed by atoms with Crippen molar-refractivity contribution in [2.45, 2.75) is 0 Å². The Labute approximate surface area is 287 Å². The monoisotopic (exact) mass is 641 g/mol. The van der Waals surface area contributed by atoms with E-state index in [0.29, 0.717) is 17.5 Å². The van der Waals surface area contributed by atoms with Crippen LogP contribution >= 0.6 is 0 Å². The zero-order chi connectivity index (χ0) is 33.0. The van der Waals surface area contributed by atoms with Gasteiger partial charge in [-0.1, -0.05) is 127 Å². The van der Waals surface area contributed by atoms with Crippen LogP contribution in [0.2, 0.25) is 0 Å². The highest BCUT2D eigenvalue weighted by Crippen LogP contribution is 2.38. The summed E-state index contributed by atoms with van der Waals surface area (Å²) in [6.45, 7) is 0. The molecule has 10 aromatic rings. The van der Waals surface area contributed by atoms with E-state index in [-0.39, 0.29) is 0 Å². The molecule has 0 aliphatic carbocycles. The van der Waals surface area contributed by atoms with Gasteiger partial charge in [0.05, 0.1) is 0 Å². The molecule has 0 amide bonds. The van der Waals surface area contributed by atoms with Crippen LogP contribution in [-0.2, 0) is 0 Å². The van der Waals surface area contributed by atoms with Gasteiger partial charge in [-0.2, -0.15) is 0 Å². The molecule has 7 aromatic carbocycles. The van der Waals surface area contributed by atoms with Crippen LogP contribution in [0.1, 0.15) is 0 Å². The average molecular weight is 642 g/mol. The number of hydrogen-bond acceptors (Lipinski definition) is 5. The second-order valence-electron chi connectivity index (χ2n) is 12.4. The molecule has 0 fully saturated rings. The molecule has 0 radical (unpaired) electrons. The van der Waals surface area contributed by atoms with E-state index >= 15 is 0 Å². The molecular weight excluding hydrogens is 615 g/mol. The molecule has 0 N–H and O–H groups in total. The molecular formula is C45H27N3O2. The first-order chi connectivity index (χ1) is 24.7. The SMILES string of the molecule is c1ccc(-c2nc(-c3cccc(-c4ccc5c(c4)oc4cc6c(cc45)oc4ccccc46)c3)nc(-c3ccccc3-c3ccccc3)n2)cc1. The van der Waals surface area contributed by atoms with Crippen molar-refractivity contribution < 1.29 is 8.83 Å². The largest absolute Gasteiger partial charge is 0.456 e. The molecule has 0 unspecified atom stereocenters. The molecule has 0 spiro atoms. The Hall–Kier alpha value is -6.85. The lowest BCUT2D eigenvalue weighted by Crippen LogP contribution is -2.01. The summed E-state index contributed by atoms with van der Waals surface area (Å²) in [5, 5.41) is 4.23. The summed E-state index contributed by atoms with van der Waals surface area (Å²) in [7, 11) is 0. The Morgan fingerprint density at radius 3 is 1.58 bits per heavy atom. The third-order valence-electron chi connectivity index (χ3n) is 9.34. The van der Waals surface area contributed by atoms with E-state index in [0.717, 1.165) is 82.8 Å². The van der Waals surface area contributed by atoms with Gasteiger partial charge in [-0.25, -0.2) is 15.0 Å². The number of hydrogen-bond donors (Lipinski definition) is 0. The van der Waals surface area contributed by atoms with Gasteiger partial charge in [-0.3, -0.25) is 0 Å². The minimum atomic E-state index is 0.609. The van der Waals surface area contributed by atoms with Gasteiger partial charge in [0, 0.05) is 38.2 Å². The van der Waals surface area contributed by atoms with E-state index in [2.05, 4.69) is 84.9 Å². The lowest BCUT2D eigenvalue weighted by molar-refractivity contribution is 0.664. The molecule has 10 rings (SSSR count). The molecule has 0 aliphatic rings. The van der Waals surface area contributed by atoms with Crippen LogP contribution in [-0.4, -0.2) is 15.0 Å². The van der Waals surface area contributed by atoms with Crippen molar-refractivity contribution in [3.63, 3.8) is 0 Å². The van der Waals surface area contributed by atoms with E-state index in [1.165, 1.54) is 0 Å². The fourth-order valence-electron chi connectivity index (χ4n) is 6.90. The van der Waals surface area contributed by atoms with Crippen molar-refractivity contribution in [3.05, 3.63) is 164 Å². The molecule has 3 heterocycles. The summed E-state index contributed by atoms with van der Waals surface area (Å²) in [6.07, 6.45) is 0. The number of benzene rings is 7. The van der Waals surface area contributed by atoms with Crippen LogP contribution in [0.15, 0.2) is 173 Å². The van der Waals surface area contributed by atoms with Crippen molar-refractivity contribution in [1.82, 2.24) is 15.0 Å². The van der Waals surface area contributed by atoms with Crippen molar-refractivity contribution in [2.75, 3.05) is 0 Å². The maximum atomic E-state index is 6.46. The van der Waals surface area contributed by atoms with E-state index in [1.807, 2.05) is 78.9 Å².